The van der Waals surface area contributed by atoms with Crippen molar-refractivity contribution in [3.63, 3.8) is 0 Å². The Bertz CT molecular complexity index is 498. The Morgan fingerprint density at radius 2 is 1.95 bits per heavy atom. The lowest BCUT2D eigenvalue weighted by atomic mass is 10.3. The number of hydrogen-bond acceptors (Lipinski definition) is 3. The number of carbonyl (C=O) groups is 2. The molecule has 1 aromatic carbocycles. The predicted octanol–water partition coefficient (Wildman–Crippen LogP) is 2.10. The van der Waals surface area contributed by atoms with Crippen molar-refractivity contribution in [2.45, 2.75) is 13.3 Å². The lowest BCUT2D eigenvalue weighted by Gasteiger charge is -2.08. The van der Waals surface area contributed by atoms with Gasteiger partial charge in [0.2, 0.25) is 0 Å². The highest BCUT2D eigenvalue weighted by atomic mass is 19.1. The second kappa shape index (κ2) is 5.34. The molecule has 19 heavy (non-hydrogen) atoms. The van der Waals surface area contributed by atoms with E-state index in [0.29, 0.717) is 0 Å². The molecule has 0 aromatic heterocycles. The molecule has 2 rings (SSSR count). The molecule has 0 radical (unpaired) electrons. The third-order valence-corrected chi connectivity index (χ3v) is 2.98. The van der Waals surface area contributed by atoms with Gasteiger partial charge < -0.3 is 10.1 Å². The van der Waals surface area contributed by atoms with E-state index < -0.39 is 35.8 Å². The minimum Gasteiger partial charge on any atom is -0.455 e. The van der Waals surface area contributed by atoms with Crippen LogP contribution >= 0.6 is 0 Å². The molecule has 1 N–H and O–H groups in total. The van der Waals surface area contributed by atoms with Crippen LogP contribution in [0.4, 0.5) is 14.5 Å². The van der Waals surface area contributed by atoms with Crippen LogP contribution in [0.2, 0.25) is 0 Å². The third-order valence-electron chi connectivity index (χ3n) is 2.98. The highest BCUT2D eigenvalue weighted by molar-refractivity contribution is 5.93. The van der Waals surface area contributed by atoms with Crippen molar-refractivity contribution < 1.29 is 23.1 Å². The smallest absolute Gasteiger partial charge is 0.309 e. The number of rotatable bonds is 4. The Hall–Kier alpha value is -1.98. The summed E-state index contributed by atoms with van der Waals surface area (Å²) in [5, 5.41) is 2.04. The molecule has 0 aliphatic heterocycles. The number of carbonyl (C=O) groups excluding carboxylic acids is 2. The number of esters is 1. The topological polar surface area (TPSA) is 55.4 Å². The Morgan fingerprint density at radius 3 is 2.47 bits per heavy atom. The molecular formula is C13H13F2NO3. The van der Waals surface area contributed by atoms with Crippen LogP contribution < -0.4 is 5.32 Å². The number of hydrogen-bond donors (Lipinski definition) is 1. The van der Waals surface area contributed by atoms with Crippen molar-refractivity contribution in [3.05, 3.63) is 29.8 Å². The first-order chi connectivity index (χ1) is 8.99. The van der Waals surface area contributed by atoms with E-state index in [0.717, 1.165) is 18.6 Å². The Morgan fingerprint density at radius 1 is 1.37 bits per heavy atom. The molecule has 1 fully saturated rings. The quantitative estimate of drug-likeness (QED) is 0.852. The van der Waals surface area contributed by atoms with Crippen molar-refractivity contribution in [2.24, 2.45) is 11.8 Å². The lowest BCUT2D eigenvalue weighted by Crippen LogP contribution is -2.22. The van der Waals surface area contributed by atoms with Gasteiger partial charge >= 0.3 is 5.97 Å². The van der Waals surface area contributed by atoms with Gasteiger partial charge in [0, 0.05) is 0 Å². The Labute approximate surface area is 108 Å². The van der Waals surface area contributed by atoms with Crippen molar-refractivity contribution in [1.82, 2.24) is 0 Å². The van der Waals surface area contributed by atoms with Gasteiger partial charge in [0.25, 0.3) is 5.91 Å². The summed E-state index contributed by atoms with van der Waals surface area (Å²) in [6.07, 6.45) is 0.752. The summed E-state index contributed by atoms with van der Waals surface area (Å²) in [6.45, 7) is 1.36. The standard InChI is InChI=1S/C13H13F2NO3/c1-7-5-8(7)13(18)19-6-11(17)16-12-9(14)3-2-4-10(12)15/h2-4,7-8H,5-6H2,1H3,(H,16,17)/t7-,8+/m1/s1. The summed E-state index contributed by atoms with van der Waals surface area (Å²) in [7, 11) is 0. The van der Waals surface area contributed by atoms with Gasteiger partial charge in [-0.3, -0.25) is 9.59 Å². The molecule has 0 bridgehead atoms. The van der Waals surface area contributed by atoms with Crippen molar-refractivity contribution in [3.8, 4) is 0 Å². The van der Waals surface area contributed by atoms with Gasteiger partial charge in [0.05, 0.1) is 5.92 Å². The minimum absolute atomic E-state index is 0.155. The molecule has 1 saturated carbocycles. The summed E-state index contributed by atoms with van der Waals surface area (Å²) in [6, 6.07) is 3.24. The number of ether oxygens (including phenoxy) is 1. The van der Waals surface area contributed by atoms with E-state index in [4.69, 9.17) is 4.74 Å². The maximum absolute atomic E-state index is 13.2. The first-order valence-electron chi connectivity index (χ1n) is 5.89. The van der Waals surface area contributed by atoms with E-state index >= 15 is 0 Å². The second-order valence-electron chi connectivity index (χ2n) is 4.57. The van der Waals surface area contributed by atoms with E-state index in [1.807, 2.05) is 12.2 Å². The molecule has 1 aromatic rings. The fraction of sp³-hybridized carbons (Fsp3) is 0.385. The highest BCUT2D eigenvalue weighted by Gasteiger charge is 2.40. The van der Waals surface area contributed by atoms with Crippen LogP contribution in [0.15, 0.2) is 18.2 Å². The largest absolute Gasteiger partial charge is 0.455 e. The molecule has 0 heterocycles. The number of benzene rings is 1. The maximum Gasteiger partial charge on any atom is 0.309 e. The molecule has 0 saturated heterocycles. The average Bonchev–Trinajstić information content (AvgIpc) is 3.08. The maximum atomic E-state index is 13.2. The third kappa shape index (κ3) is 3.27. The molecule has 1 amide bonds. The SMILES string of the molecule is C[C@@H]1C[C@@H]1C(=O)OCC(=O)Nc1c(F)cccc1F. The van der Waals surface area contributed by atoms with E-state index in [-0.39, 0.29) is 11.8 Å². The van der Waals surface area contributed by atoms with Gasteiger partial charge in [-0.2, -0.15) is 0 Å². The number of amides is 1. The monoisotopic (exact) mass is 269 g/mol. The summed E-state index contributed by atoms with van der Waals surface area (Å²) in [4.78, 5) is 22.8. The first-order valence-corrected chi connectivity index (χ1v) is 5.89. The molecule has 102 valence electrons. The van der Waals surface area contributed by atoms with Gasteiger partial charge in [0.15, 0.2) is 6.61 Å². The summed E-state index contributed by atoms with van der Waals surface area (Å²) < 4.78 is 31.2. The van der Waals surface area contributed by atoms with Crippen LogP contribution in [-0.2, 0) is 14.3 Å². The summed E-state index contributed by atoms with van der Waals surface area (Å²) in [5.41, 5.74) is -0.539. The van der Waals surface area contributed by atoms with Gasteiger partial charge in [-0.15, -0.1) is 0 Å². The zero-order valence-corrected chi connectivity index (χ0v) is 10.3. The number of nitrogens with one attached hydrogen (secondary N) is 1. The zero-order chi connectivity index (χ0) is 14.0. The summed E-state index contributed by atoms with van der Waals surface area (Å²) >= 11 is 0. The predicted molar refractivity (Wildman–Crippen MR) is 63.2 cm³/mol. The van der Waals surface area contributed by atoms with E-state index in [2.05, 4.69) is 0 Å². The molecule has 6 heteroatoms. The Kier molecular flexibility index (Phi) is 3.78. The molecule has 0 unspecified atom stereocenters. The summed E-state index contributed by atoms with van der Waals surface area (Å²) in [5.74, 6) is -2.86. The van der Waals surface area contributed by atoms with Crippen LogP contribution in [0.5, 0.6) is 0 Å². The minimum atomic E-state index is -0.879. The van der Waals surface area contributed by atoms with E-state index in [1.54, 1.807) is 0 Å². The van der Waals surface area contributed by atoms with Gasteiger partial charge in [-0.25, -0.2) is 8.78 Å². The van der Waals surface area contributed by atoms with Crippen LogP contribution in [0.25, 0.3) is 0 Å². The van der Waals surface area contributed by atoms with Gasteiger partial charge in [0.1, 0.15) is 17.3 Å². The molecular weight excluding hydrogens is 256 g/mol. The number of para-hydroxylation sites is 1. The number of anilines is 1. The van der Waals surface area contributed by atoms with Crippen LogP contribution in [-0.4, -0.2) is 18.5 Å². The second-order valence-corrected chi connectivity index (χ2v) is 4.57. The zero-order valence-electron chi connectivity index (χ0n) is 10.3. The van der Waals surface area contributed by atoms with Crippen LogP contribution in [0.3, 0.4) is 0 Å². The average molecular weight is 269 g/mol. The normalized spacial score (nSPS) is 20.8. The molecule has 1 aliphatic rings. The van der Waals surface area contributed by atoms with Crippen molar-refractivity contribution in [2.75, 3.05) is 11.9 Å². The fourth-order valence-corrected chi connectivity index (χ4v) is 1.69. The molecule has 4 nitrogen and oxygen atoms in total. The first kappa shape index (κ1) is 13.5. The van der Waals surface area contributed by atoms with E-state index in [1.165, 1.54) is 6.07 Å². The molecule has 1 aliphatic carbocycles. The van der Waals surface area contributed by atoms with Crippen LogP contribution in [0, 0.1) is 23.5 Å². The molecule has 0 spiro atoms. The fourth-order valence-electron chi connectivity index (χ4n) is 1.69. The Balaban J connectivity index is 1.86. The van der Waals surface area contributed by atoms with Gasteiger partial charge in [-0.1, -0.05) is 13.0 Å². The molecule has 2 atom stereocenters. The number of halogens is 2. The van der Waals surface area contributed by atoms with Gasteiger partial charge in [-0.05, 0) is 24.5 Å². The van der Waals surface area contributed by atoms with E-state index in [9.17, 15) is 18.4 Å². The van der Waals surface area contributed by atoms with Crippen molar-refractivity contribution >= 4 is 17.6 Å². The van der Waals surface area contributed by atoms with Crippen molar-refractivity contribution in [1.29, 1.82) is 0 Å². The lowest BCUT2D eigenvalue weighted by molar-refractivity contribution is -0.148. The highest BCUT2D eigenvalue weighted by Crippen LogP contribution is 2.38. The van der Waals surface area contributed by atoms with Crippen LogP contribution in [0.1, 0.15) is 13.3 Å².